The average Bonchev–Trinajstić information content (AvgIpc) is 2.53. The smallest absolute Gasteiger partial charge is 0.274 e. The Morgan fingerprint density at radius 3 is 2.68 bits per heavy atom. The molecule has 1 N–H and O–H groups in total. The van der Waals surface area contributed by atoms with Crippen LogP contribution in [0.25, 0.3) is 0 Å². The van der Waals surface area contributed by atoms with Crippen LogP contribution in [0.3, 0.4) is 0 Å². The van der Waals surface area contributed by atoms with Crippen LogP contribution >= 0.6 is 0 Å². The SMILES string of the molecule is COc1cc([N+](=O)[O-])cc(C=NCCc2ccccc2)c1O. The monoisotopic (exact) mass is 300 g/mol. The molecule has 2 rings (SSSR count). The van der Waals surface area contributed by atoms with Crippen LogP contribution in [-0.2, 0) is 6.42 Å². The number of nitro benzene ring substituents is 1. The van der Waals surface area contributed by atoms with Crippen molar-refractivity contribution in [1.29, 1.82) is 0 Å². The second kappa shape index (κ2) is 7.21. The van der Waals surface area contributed by atoms with Gasteiger partial charge in [0.05, 0.1) is 18.1 Å². The van der Waals surface area contributed by atoms with Crippen molar-refractivity contribution in [2.45, 2.75) is 6.42 Å². The minimum atomic E-state index is -0.538. The van der Waals surface area contributed by atoms with Crippen molar-refractivity contribution in [3.05, 3.63) is 63.7 Å². The van der Waals surface area contributed by atoms with E-state index >= 15 is 0 Å². The first-order chi connectivity index (χ1) is 10.6. The van der Waals surface area contributed by atoms with Crippen LogP contribution in [0.1, 0.15) is 11.1 Å². The molecule has 2 aromatic rings. The van der Waals surface area contributed by atoms with Crippen LogP contribution in [0.4, 0.5) is 5.69 Å². The zero-order valence-corrected chi connectivity index (χ0v) is 12.1. The van der Waals surface area contributed by atoms with Gasteiger partial charge in [0.2, 0.25) is 0 Å². The minimum absolute atomic E-state index is 0.0544. The number of nitrogens with zero attached hydrogens (tertiary/aromatic N) is 2. The molecule has 114 valence electrons. The number of ether oxygens (including phenoxy) is 1. The fraction of sp³-hybridized carbons (Fsp3) is 0.188. The third-order valence-electron chi connectivity index (χ3n) is 3.12. The van der Waals surface area contributed by atoms with Gasteiger partial charge in [-0.05, 0) is 12.0 Å². The molecular formula is C16H16N2O4. The number of non-ortho nitro benzene ring substituents is 1. The molecular weight excluding hydrogens is 284 g/mol. The molecule has 0 fully saturated rings. The summed E-state index contributed by atoms with van der Waals surface area (Å²) in [5.74, 6) is -0.102. The Bertz CT molecular complexity index is 684. The number of aliphatic imine (C=N–C) groups is 1. The van der Waals surface area contributed by atoms with Gasteiger partial charge in [0, 0.05) is 24.4 Å². The largest absolute Gasteiger partial charge is 0.504 e. The number of hydrogen-bond donors (Lipinski definition) is 1. The molecule has 6 heteroatoms. The topological polar surface area (TPSA) is 85.0 Å². The molecule has 0 bridgehead atoms. The third-order valence-corrected chi connectivity index (χ3v) is 3.12. The van der Waals surface area contributed by atoms with Crippen LogP contribution in [-0.4, -0.2) is 29.9 Å². The van der Waals surface area contributed by atoms with Crippen molar-refractivity contribution in [3.8, 4) is 11.5 Å². The minimum Gasteiger partial charge on any atom is -0.504 e. The van der Waals surface area contributed by atoms with Crippen LogP contribution in [0.5, 0.6) is 11.5 Å². The molecule has 0 aliphatic rings. The van der Waals surface area contributed by atoms with Crippen molar-refractivity contribution in [2.75, 3.05) is 13.7 Å². The van der Waals surface area contributed by atoms with Crippen molar-refractivity contribution in [2.24, 2.45) is 4.99 Å². The van der Waals surface area contributed by atoms with Gasteiger partial charge in [-0.25, -0.2) is 0 Å². The van der Waals surface area contributed by atoms with Gasteiger partial charge in [-0.1, -0.05) is 30.3 Å². The number of hydrogen-bond acceptors (Lipinski definition) is 5. The van der Waals surface area contributed by atoms with Crippen molar-refractivity contribution < 1.29 is 14.8 Å². The highest BCUT2D eigenvalue weighted by Gasteiger charge is 2.15. The molecule has 0 saturated heterocycles. The normalized spacial score (nSPS) is 10.8. The predicted molar refractivity (Wildman–Crippen MR) is 83.9 cm³/mol. The highest BCUT2D eigenvalue weighted by molar-refractivity contribution is 5.86. The van der Waals surface area contributed by atoms with E-state index in [1.807, 2.05) is 30.3 Å². The fourth-order valence-electron chi connectivity index (χ4n) is 1.97. The Morgan fingerprint density at radius 1 is 1.32 bits per heavy atom. The molecule has 0 aliphatic heterocycles. The number of rotatable bonds is 6. The quantitative estimate of drug-likeness (QED) is 0.505. The number of phenols is 1. The van der Waals surface area contributed by atoms with E-state index in [0.29, 0.717) is 6.54 Å². The van der Waals surface area contributed by atoms with Crippen LogP contribution < -0.4 is 4.74 Å². The lowest BCUT2D eigenvalue weighted by molar-refractivity contribution is -0.385. The van der Waals surface area contributed by atoms with E-state index in [1.54, 1.807) is 0 Å². The lowest BCUT2D eigenvalue weighted by Gasteiger charge is -2.05. The molecule has 0 aromatic heterocycles. The number of benzene rings is 2. The van der Waals surface area contributed by atoms with Crippen molar-refractivity contribution >= 4 is 11.9 Å². The fourth-order valence-corrected chi connectivity index (χ4v) is 1.97. The summed E-state index contributed by atoms with van der Waals surface area (Å²) < 4.78 is 4.94. The van der Waals surface area contributed by atoms with Gasteiger partial charge in [-0.15, -0.1) is 0 Å². The Hall–Kier alpha value is -2.89. The molecule has 0 amide bonds. The first-order valence-electron chi connectivity index (χ1n) is 6.71. The Labute approximate surface area is 127 Å². The highest BCUT2D eigenvalue weighted by Crippen LogP contribution is 2.33. The lowest BCUT2D eigenvalue weighted by Crippen LogP contribution is -1.95. The molecule has 0 heterocycles. The number of phenolic OH excluding ortho intramolecular Hbond substituents is 1. The molecule has 2 aromatic carbocycles. The second-order valence-corrected chi connectivity index (χ2v) is 4.61. The van der Waals surface area contributed by atoms with Crippen molar-refractivity contribution in [3.63, 3.8) is 0 Å². The molecule has 0 unspecified atom stereocenters. The maximum absolute atomic E-state index is 10.9. The Balaban J connectivity index is 2.12. The summed E-state index contributed by atoms with van der Waals surface area (Å²) in [6.45, 7) is 0.522. The Morgan fingerprint density at radius 2 is 2.05 bits per heavy atom. The van der Waals surface area contributed by atoms with Crippen LogP contribution in [0.15, 0.2) is 47.5 Å². The summed E-state index contributed by atoms with van der Waals surface area (Å²) in [5, 5.41) is 20.8. The second-order valence-electron chi connectivity index (χ2n) is 4.61. The predicted octanol–water partition coefficient (Wildman–Crippen LogP) is 2.97. The van der Waals surface area contributed by atoms with Gasteiger partial charge in [-0.2, -0.15) is 0 Å². The van der Waals surface area contributed by atoms with E-state index in [-0.39, 0.29) is 22.7 Å². The number of nitro groups is 1. The summed E-state index contributed by atoms with van der Waals surface area (Å²) >= 11 is 0. The van der Waals surface area contributed by atoms with Crippen LogP contribution in [0.2, 0.25) is 0 Å². The zero-order chi connectivity index (χ0) is 15.9. The summed E-state index contributed by atoms with van der Waals surface area (Å²) in [6, 6.07) is 12.3. The van der Waals surface area contributed by atoms with E-state index in [9.17, 15) is 15.2 Å². The van der Waals surface area contributed by atoms with Gasteiger partial charge in [-0.3, -0.25) is 15.1 Å². The number of methoxy groups -OCH3 is 1. The standard InChI is InChI=1S/C16H16N2O4/c1-22-15-10-14(18(20)21)9-13(16(15)19)11-17-8-7-12-5-3-2-4-6-12/h2-6,9-11,19H,7-8H2,1H3. The first kappa shape index (κ1) is 15.5. The number of aromatic hydroxyl groups is 1. The molecule has 0 saturated carbocycles. The lowest BCUT2D eigenvalue weighted by atomic mass is 10.1. The summed E-state index contributed by atoms with van der Waals surface area (Å²) in [6.07, 6.45) is 2.18. The molecule has 0 spiro atoms. The summed E-state index contributed by atoms with van der Waals surface area (Å²) in [7, 11) is 1.34. The molecule has 0 atom stereocenters. The van der Waals surface area contributed by atoms with E-state index in [0.717, 1.165) is 12.0 Å². The Kier molecular flexibility index (Phi) is 5.08. The van der Waals surface area contributed by atoms with Crippen molar-refractivity contribution in [1.82, 2.24) is 0 Å². The maximum atomic E-state index is 10.9. The maximum Gasteiger partial charge on any atom is 0.274 e. The van der Waals surface area contributed by atoms with Gasteiger partial charge in [0.15, 0.2) is 11.5 Å². The summed E-state index contributed by atoms with van der Waals surface area (Å²) in [4.78, 5) is 14.5. The van der Waals surface area contributed by atoms with E-state index in [1.165, 1.54) is 25.5 Å². The first-order valence-corrected chi connectivity index (χ1v) is 6.71. The molecule has 0 aliphatic carbocycles. The molecule has 0 radical (unpaired) electrons. The van der Waals surface area contributed by atoms with Crippen LogP contribution in [0, 0.1) is 10.1 Å². The highest BCUT2D eigenvalue weighted by atomic mass is 16.6. The van der Waals surface area contributed by atoms with Gasteiger partial charge < -0.3 is 9.84 Å². The van der Waals surface area contributed by atoms with E-state index in [4.69, 9.17) is 4.74 Å². The zero-order valence-electron chi connectivity index (χ0n) is 12.1. The van der Waals surface area contributed by atoms with Gasteiger partial charge >= 0.3 is 0 Å². The third kappa shape index (κ3) is 3.82. The van der Waals surface area contributed by atoms with E-state index in [2.05, 4.69) is 4.99 Å². The molecule has 6 nitrogen and oxygen atoms in total. The van der Waals surface area contributed by atoms with E-state index < -0.39 is 4.92 Å². The summed E-state index contributed by atoms with van der Waals surface area (Å²) in [5.41, 5.74) is 1.26. The van der Waals surface area contributed by atoms with Gasteiger partial charge in [0.1, 0.15) is 0 Å². The average molecular weight is 300 g/mol. The van der Waals surface area contributed by atoms with Gasteiger partial charge in [0.25, 0.3) is 5.69 Å². The molecule has 22 heavy (non-hydrogen) atoms.